The van der Waals surface area contributed by atoms with Crippen LogP contribution in [-0.4, -0.2) is 24.4 Å². The molecule has 34 heavy (non-hydrogen) atoms. The zero-order valence-corrected chi connectivity index (χ0v) is 17.9. The van der Waals surface area contributed by atoms with E-state index in [1.54, 1.807) is 36.4 Å². The van der Waals surface area contributed by atoms with Gasteiger partial charge in [0.1, 0.15) is 28.7 Å². The summed E-state index contributed by atoms with van der Waals surface area (Å²) in [6, 6.07) is 14.1. The van der Waals surface area contributed by atoms with Gasteiger partial charge in [-0.2, -0.15) is 0 Å². The van der Waals surface area contributed by atoms with E-state index in [1.807, 2.05) is 0 Å². The van der Waals surface area contributed by atoms with Gasteiger partial charge in [-0.05, 0) is 42.5 Å². The molecular formula is C25H16O9. The van der Waals surface area contributed by atoms with Crippen LogP contribution in [0, 0.1) is 0 Å². The summed E-state index contributed by atoms with van der Waals surface area (Å²) in [4.78, 5) is 46.7. The van der Waals surface area contributed by atoms with Gasteiger partial charge in [0.05, 0.1) is 5.56 Å². The van der Waals surface area contributed by atoms with Crippen LogP contribution in [0.25, 0.3) is 0 Å². The van der Waals surface area contributed by atoms with E-state index in [4.69, 9.17) is 23.7 Å². The van der Waals surface area contributed by atoms with Crippen LogP contribution in [-0.2, 0) is 24.7 Å². The number of esters is 3. The zero-order chi connectivity index (χ0) is 24.0. The van der Waals surface area contributed by atoms with Crippen molar-refractivity contribution < 1.29 is 42.9 Å². The predicted molar refractivity (Wildman–Crippen MR) is 114 cm³/mol. The van der Waals surface area contributed by atoms with E-state index in [9.17, 15) is 19.2 Å². The zero-order valence-electron chi connectivity index (χ0n) is 17.9. The molecule has 2 aliphatic rings. The van der Waals surface area contributed by atoms with Crippen LogP contribution in [0.4, 0.5) is 0 Å². The van der Waals surface area contributed by atoms with E-state index in [2.05, 4.69) is 0 Å². The van der Waals surface area contributed by atoms with Crippen molar-refractivity contribution >= 4 is 24.4 Å². The second-order valence-electron chi connectivity index (χ2n) is 7.60. The molecule has 9 heteroatoms. The highest BCUT2D eigenvalue weighted by Crippen LogP contribution is 2.57. The largest absolute Gasteiger partial charge is 0.456 e. The van der Waals surface area contributed by atoms with Gasteiger partial charge >= 0.3 is 17.9 Å². The van der Waals surface area contributed by atoms with E-state index >= 15 is 0 Å². The number of hydrogen-bond donors (Lipinski definition) is 0. The molecule has 0 amide bonds. The fourth-order valence-corrected chi connectivity index (χ4v) is 4.26. The summed E-state index contributed by atoms with van der Waals surface area (Å²) < 4.78 is 27.3. The van der Waals surface area contributed by atoms with Crippen molar-refractivity contribution in [3.8, 4) is 28.7 Å². The van der Waals surface area contributed by atoms with Gasteiger partial charge in [-0.1, -0.05) is 0 Å². The molecule has 2 aliphatic heterocycles. The highest BCUT2D eigenvalue weighted by atomic mass is 16.6. The van der Waals surface area contributed by atoms with Crippen LogP contribution >= 0.6 is 0 Å². The molecule has 0 saturated carbocycles. The number of fused-ring (bicyclic) bond motifs is 6. The van der Waals surface area contributed by atoms with Gasteiger partial charge in [0.15, 0.2) is 5.60 Å². The molecule has 0 aromatic heterocycles. The van der Waals surface area contributed by atoms with E-state index < -0.39 is 23.5 Å². The first-order valence-corrected chi connectivity index (χ1v) is 10.1. The number of hydrogen-bond acceptors (Lipinski definition) is 9. The maximum absolute atomic E-state index is 13.0. The molecule has 3 aromatic carbocycles. The highest BCUT2D eigenvalue weighted by Gasteiger charge is 2.53. The van der Waals surface area contributed by atoms with Crippen molar-refractivity contribution in [3.63, 3.8) is 0 Å². The van der Waals surface area contributed by atoms with Crippen molar-refractivity contribution in [2.24, 2.45) is 0 Å². The van der Waals surface area contributed by atoms with Gasteiger partial charge in [-0.15, -0.1) is 0 Å². The second-order valence-corrected chi connectivity index (χ2v) is 7.60. The number of ether oxygens (including phenoxy) is 5. The van der Waals surface area contributed by atoms with Crippen LogP contribution in [0.1, 0.15) is 40.9 Å². The van der Waals surface area contributed by atoms with Crippen LogP contribution in [0.2, 0.25) is 0 Å². The van der Waals surface area contributed by atoms with E-state index in [0.29, 0.717) is 16.7 Å². The lowest BCUT2D eigenvalue weighted by Crippen LogP contribution is -2.33. The van der Waals surface area contributed by atoms with E-state index in [0.717, 1.165) is 0 Å². The Labute approximate surface area is 192 Å². The van der Waals surface area contributed by atoms with Gasteiger partial charge in [0.25, 0.3) is 6.47 Å². The highest BCUT2D eigenvalue weighted by molar-refractivity contribution is 5.97. The van der Waals surface area contributed by atoms with Gasteiger partial charge in [-0.25, -0.2) is 4.79 Å². The van der Waals surface area contributed by atoms with Crippen LogP contribution in [0.15, 0.2) is 54.6 Å². The average molecular weight is 460 g/mol. The van der Waals surface area contributed by atoms with Gasteiger partial charge in [0.2, 0.25) is 0 Å². The molecule has 2 heterocycles. The molecule has 170 valence electrons. The van der Waals surface area contributed by atoms with Gasteiger partial charge in [-0.3, -0.25) is 14.4 Å². The van der Waals surface area contributed by atoms with E-state index in [1.165, 1.54) is 32.0 Å². The summed E-state index contributed by atoms with van der Waals surface area (Å²) in [6.45, 7) is 2.82. The van der Waals surface area contributed by atoms with Gasteiger partial charge in [0, 0.05) is 42.7 Å². The third kappa shape index (κ3) is 3.25. The third-order valence-electron chi connectivity index (χ3n) is 5.43. The number of benzene rings is 3. The third-order valence-corrected chi connectivity index (χ3v) is 5.43. The first-order valence-electron chi connectivity index (χ1n) is 10.1. The minimum Gasteiger partial charge on any atom is -0.456 e. The Morgan fingerprint density at radius 3 is 1.85 bits per heavy atom. The molecule has 0 N–H and O–H groups in total. The summed E-state index contributed by atoms with van der Waals surface area (Å²) in [5.41, 5.74) is 0.298. The molecular weight excluding hydrogens is 444 g/mol. The molecule has 0 unspecified atom stereocenters. The van der Waals surface area contributed by atoms with Gasteiger partial charge < -0.3 is 23.7 Å². The monoisotopic (exact) mass is 460 g/mol. The summed E-state index contributed by atoms with van der Waals surface area (Å²) in [5, 5.41) is 0. The van der Waals surface area contributed by atoms with Crippen LogP contribution < -0.4 is 18.9 Å². The maximum atomic E-state index is 13.0. The second kappa shape index (κ2) is 7.73. The van der Waals surface area contributed by atoms with Crippen LogP contribution in [0.5, 0.6) is 28.7 Å². The lowest BCUT2D eigenvalue weighted by molar-refractivity contribution is -0.132. The Kier molecular flexibility index (Phi) is 4.82. The van der Waals surface area contributed by atoms with E-state index in [-0.39, 0.29) is 40.8 Å². The Morgan fingerprint density at radius 2 is 1.32 bits per heavy atom. The van der Waals surface area contributed by atoms with Crippen LogP contribution in [0.3, 0.4) is 0 Å². The fourth-order valence-electron chi connectivity index (χ4n) is 4.26. The maximum Gasteiger partial charge on any atom is 0.340 e. The van der Waals surface area contributed by atoms with Crippen molar-refractivity contribution in [2.45, 2.75) is 19.4 Å². The predicted octanol–water partition coefficient (Wildman–Crippen LogP) is 3.64. The molecule has 0 saturated heterocycles. The smallest absolute Gasteiger partial charge is 0.340 e. The Bertz CT molecular complexity index is 1320. The Hall–Kier alpha value is -4.66. The molecule has 0 bridgehead atoms. The molecule has 5 rings (SSSR count). The minimum atomic E-state index is -1.40. The normalized spacial score (nSPS) is 14.1. The lowest BCUT2D eigenvalue weighted by atomic mass is 9.77. The summed E-state index contributed by atoms with van der Waals surface area (Å²) in [6.07, 6.45) is 0. The molecule has 1 spiro atoms. The molecule has 3 aromatic rings. The summed E-state index contributed by atoms with van der Waals surface area (Å²) >= 11 is 0. The van der Waals surface area contributed by atoms with Crippen molar-refractivity contribution in [3.05, 3.63) is 76.9 Å². The summed E-state index contributed by atoms with van der Waals surface area (Å²) in [5.74, 6) is -0.434. The standard InChI is InChI=1S/C25H16O9/c1-13(27)31-16-4-7-20-22(10-16)33-23-11-17(32-14(2)28)5-8-21(23)25(20)19-6-3-15(30-12-26)9-18(19)24(29)34-25/h3-12H,1-2H3. The quantitative estimate of drug-likeness (QED) is 0.327. The first-order chi connectivity index (χ1) is 16.3. The average Bonchev–Trinajstić information content (AvgIpc) is 3.05. The van der Waals surface area contributed by atoms with Crippen molar-refractivity contribution in [1.82, 2.24) is 0 Å². The number of rotatable bonds is 4. The Balaban J connectivity index is 1.75. The number of carbonyl (C=O) groups is 4. The molecule has 0 fully saturated rings. The molecule has 9 nitrogen and oxygen atoms in total. The molecule has 0 aliphatic carbocycles. The van der Waals surface area contributed by atoms with Crippen molar-refractivity contribution in [1.29, 1.82) is 0 Å². The minimum absolute atomic E-state index is 0.186. The Morgan fingerprint density at radius 1 is 0.794 bits per heavy atom. The van der Waals surface area contributed by atoms with Crippen molar-refractivity contribution in [2.75, 3.05) is 0 Å². The molecule has 0 atom stereocenters. The SMILES string of the molecule is CC(=O)Oc1ccc2c(c1)Oc1cc(OC(C)=O)ccc1C21OC(=O)c2cc(OC=O)ccc21. The summed E-state index contributed by atoms with van der Waals surface area (Å²) in [7, 11) is 0. The topological polar surface area (TPSA) is 114 Å². The number of carbonyl (C=O) groups excluding carboxylic acids is 4. The lowest BCUT2D eigenvalue weighted by Gasteiger charge is -2.36. The molecule has 0 radical (unpaired) electrons. The fraction of sp³-hybridized carbons (Fsp3) is 0.120. The first kappa shape index (κ1) is 21.2.